The van der Waals surface area contributed by atoms with Crippen LogP contribution in [0.3, 0.4) is 0 Å². The maximum Gasteiger partial charge on any atom is 0.345 e. The number of ether oxygens (including phenoxy) is 3. The molecule has 25 heavy (non-hydrogen) atoms. The predicted molar refractivity (Wildman–Crippen MR) is 89.5 cm³/mol. The van der Waals surface area contributed by atoms with Crippen molar-refractivity contribution in [2.24, 2.45) is 0 Å². The van der Waals surface area contributed by atoms with Crippen molar-refractivity contribution in [1.29, 1.82) is 0 Å². The van der Waals surface area contributed by atoms with Crippen molar-refractivity contribution in [3.05, 3.63) is 41.0 Å². The van der Waals surface area contributed by atoms with Crippen LogP contribution in [0, 0.1) is 6.92 Å². The summed E-state index contributed by atoms with van der Waals surface area (Å²) in [6, 6.07) is 5.74. The number of carbonyl (C=O) groups is 1. The van der Waals surface area contributed by atoms with Crippen LogP contribution in [0.4, 0.5) is 0 Å². The van der Waals surface area contributed by atoms with Gasteiger partial charge in [-0.1, -0.05) is 0 Å². The molecule has 0 aromatic heterocycles. The van der Waals surface area contributed by atoms with Crippen LogP contribution in [0.1, 0.15) is 28.4 Å². The zero-order valence-electron chi connectivity index (χ0n) is 14.2. The van der Waals surface area contributed by atoms with E-state index in [-0.39, 0.29) is 40.7 Å². The first kappa shape index (κ1) is 18.4. The van der Waals surface area contributed by atoms with Gasteiger partial charge in [0, 0.05) is 11.6 Å². The predicted octanol–water partition coefficient (Wildman–Crippen LogP) is 2.88. The van der Waals surface area contributed by atoms with E-state index in [9.17, 15) is 20.1 Å². The fraction of sp³-hybridized carbons (Fsp3) is 0.278. The first-order valence-electron chi connectivity index (χ1n) is 7.60. The van der Waals surface area contributed by atoms with Gasteiger partial charge in [0.1, 0.15) is 22.8 Å². The first-order chi connectivity index (χ1) is 11.9. The lowest BCUT2D eigenvalue weighted by Gasteiger charge is -2.16. The Balaban J connectivity index is 2.55. The number of hydrogen-bond donors (Lipinski definition) is 3. The summed E-state index contributed by atoms with van der Waals surface area (Å²) in [6.45, 7) is 3.05. The third-order valence-corrected chi connectivity index (χ3v) is 3.44. The molecule has 0 aliphatic carbocycles. The van der Waals surface area contributed by atoms with Gasteiger partial charge in [-0.15, -0.1) is 0 Å². The average Bonchev–Trinajstić information content (AvgIpc) is 2.55. The third-order valence-electron chi connectivity index (χ3n) is 3.44. The summed E-state index contributed by atoms with van der Waals surface area (Å²) in [6.07, 6.45) is 0. The summed E-state index contributed by atoms with van der Waals surface area (Å²) >= 11 is 0. The van der Waals surface area contributed by atoms with Gasteiger partial charge in [0.2, 0.25) is 0 Å². The van der Waals surface area contributed by atoms with E-state index in [0.717, 1.165) is 0 Å². The van der Waals surface area contributed by atoms with Gasteiger partial charge < -0.3 is 29.5 Å². The van der Waals surface area contributed by atoms with Gasteiger partial charge in [0.15, 0.2) is 11.5 Å². The van der Waals surface area contributed by atoms with Gasteiger partial charge in [-0.3, -0.25) is 0 Å². The lowest BCUT2D eigenvalue weighted by Crippen LogP contribution is -2.08. The number of methoxy groups -OCH3 is 1. The number of phenols is 2. The van der Waals surface area contributed by atoms with Crippen molar-refractivity contribution in [2.45, 2.75) is 20.5 Å². The summed E-state index contributed by atoms with van der Waals surface area (Å²) in [5, 5.41) is 29.8. The zero-order valence-corrected chi connectivity index (χ0v) is 14.2. The Morgan fingerprint density at radius 3 is 2.44 bits per heavy atom. The van der Waals surface area contributed by atoms with Gasteiger partial charge in [0.25, 0.3) is 0 Å². The van der Waals surface area contributed by atoms with E-state index in [2.05, 4.69) is 0 Å². The number of carbonyl (C=O) groups excluding carboxylic acids is 1. The second kappa shape index (κ2) is 7.76. The highest BCUT2D eigenvalue weighted by Gasteiger charge is 2.22. The van der Waals surface area contributed by atoms with Crippen LogP contribution in [0.2, 0.25) is 0 Å². The van der Waals surface area contributed by atoms with E-state index in [0.29, 0.717) is 11.3 Å². The van der Waals surface area contributed by atoms with E-state index in [1.54, 1.807) is 13.8 Å². The van der Waals surface area contributed by atoms with Crippen molar-refractivity contribution < 1.29 is 34.3 Å². The number of aliphatic hydroxyl groups excluding tert-OH is 1. The summed E-state index contributed by atoms with van der Waals surface area (Å²) in [5.41, 5.74) is 0.735. The lowest BCUT2D eigenvalue weighted by molar-refractivity contribution is 0.0520. The smallest absolute Gasteiger partial charge is 0.345 e. The van der Waals surface area contributed by atoms with E-state index < -0.39 is 12.6 Å². The minimum atomic E-state index is -0.756. The van der Waals surface area contributed by atoms with E-state index in [4.69, 9.17) is 14.2 Å². The number of aromatic hydroxyl groups is 2. The Bertz CT molecular complexity index is 783. The SMILES string of the molecule is CCOC(=O)c1c(O)cc(C)cc1Oc1c(O)cc(OC)cc1CO. The first-order valence-corrected chi connectivity index (χ1v) is 7.60. The Hall–Kier alpha value is -2.93. The van der Waals surface area contributed by atoms with Gasteiger partial charge in [-0.25, -0.2) is 4.79 Å². The monoisotopic (exact) mass is 348 g/mol. The second-order valence-corrected chi connectivity index (χ2v) is 5.27. The van der Waals surface area contributed by atoms with Gasteiger partial charge in [-0.2, -0.15) is 0 Å². The summed E-state index contributed by atoms with van der Waals surface area (Å²) in [7, 11) is 1.42. The molecule has 2 rings (SSSR count). The topological polar surface area (TPSA) is 105 Å². The van der Waals surface area contributed by atoms with Crippen LogP contribution in [0.5, 0.6) is 28.7 Å². The number of aliphatic hydroxyl groups is 1. The number of hydrogen-bond acceptors (Lipinski definition) is 7. The van der Waals surface area contributed by atoms with E-state index >= 15 is 0 Å². The Morgan fingerprint density at radius 2 is 1.84 bits per heavy atom. The molecule has 0 heterocycles. The maximum atomic E-state index is 12.1. The minimum Gasteiger partial charge on any atom is -0.507 e. The van der Waals surface area contributed by atoms with Crippen LogP contribution in [0.25, 0.3) is 0 Å². The fourth-order valence-corrected chi connectivity index (χ4v) is 2.33. The molecule has 0 saturated carbocycles. The van der Waals surface area contributed by atoms with E-state index in [1.165, 1.54) is 31.4 Å². The normalized spacial score (nSPS) is 10.4. The largest absolute Gasteiger partial charge is 0.507 e. The van der Waals surface area contributed by atoms with Crippen LogP contribution in [-0.4, -0.2) is 35.0 Å². The fourth-order valence-electron chi connectivity index (χ4n) is 2.33. The highest BCUT2D eigenvalue weighted by atomic mass is 16.5. The maximum absolute atomic E-state index is 12.1. The Labute approximate surface area is 145 Å². The zero-order chi connectivity index (χ0) is 18.6. The highest BCUT2D eigenvalue weighted by molar-refractivity contribution is 5.95. The molecule has 0 spiro atoms. The number of phenolic OH excluding ortho intramolecular Hbond substituents is 2. The molecule has 2 aromatic rings. The Kier molecular flexibility index (Phi) is 5.71. The molecule has 0 unspecified atom stereocenters. The van der Waals surface area contributed by atoms with Gasteiger partial charge in [0.05, 0.1) is 20.3 Å². The van der Waals surface area contributed by atoms with Crippen molar-refractivity contribution in [1.82, 2.24) is 0 Å². The quantitative estimate of drug-likeness (QED) is 0.689. The molecule has 0 atom stereocenters. The molecule has 0 aliphatic heterocycles. The second-order valence-electron chi connectivity index (χ2n) is 5.27. The summed E-state index contributed by atoms with van der Waals surface area (Å²) in [4.78, 5) is 12.1. The molecule has 0 radical (unpaired) electrons. The number of rotatable bonds is 6. The molecule has 0 amide bonds. The highest BCUT2D eigenvalue weighted by Crippen LogP contribution is 2.41. The van der Waals surface area contributed by atoms with Crippen LogP contribution in [-0.2, 0) is 11.3 Å². The molecular weight excluding hydrogens is 328 g/mol. The molecule has 0 fully saturated rings. The Morgan fingerprint density at radius 1 is 1.12 bits per heavy atom. The minimum absolute atomic E-state index is 0.00566. The molecule has 2 aromatic carbocycles. The molecule has 7 heteroatoms. The van der Waals surface area contributed by atoms with Crippen LogP contribution >= 0.6 is 0 Å². The lowest BCUT2D eigenvalue weighted by atomic mass is 10.1. The van der Waals surface area contributed by atoms with Crippen molar-refractivity contribution in [2.75, 3.05) is 13.7 Å². The van der Waals surface area contributed by atoms with Crippen molar-refractivity contribution in [3.8, 4) is 28.7 Å². The summed E-state index contributed by atoms with van der Waals surface area (Å²) < 4.78 is 15.6. The number of esters is 1. The molecule has 0 aliphatic rings. The molecular formula is C18H20O7. The molecule has 7 nitrogen and oxygen atoms in total. The molecule has 0 bridgehead atoms. The number of aryl methyl sites for hydroxylation is 1. The van der Waals surface area contributed by atoms with Crippen molar-refractivity contribution in [3.63, 3.8) is 0 Å². The van der Waals surface area contributed by atoms with Crippen LogP contribution < -0.4 is 9.47 Å². The molecule has 134 valence electrons. The van der Waals surface area contributed by atoms with Gasteiger partial charge in [-0.05, 0) is 37.6 Å². The average molecular weight is 348 g/mol. The van der Waals surface area contributed by atoms with Crippen LogP contribution in [0.15, 0.2) is 24.3 Å². The standard InChI is InChI=1S/C18H20O7/c1-4-24-18(22)16-13(20)5-10(2)6-15(16)25-17-11(9-19)7-12(23-3)8-14(17)21/h5-8,19-21H,4,9H2,1-3H3. The molecule has 0 saturated heterocycles. The third kappa shape index (κ3) is 3.95. The van der Waals surface area contributed by atoms with Gasteiger partial charge >= 0.3 is 5.97 Å². The number of benzene rings is 2. The van der Waals surface area contributed by atoms with E-state index in [1.807, 2.05) is 0 Å². The summed E-state index contributed by atoms with van der Waals surface area (Å²) in [5.74, 6) is -1.03. The van der Waals surface area contributed by atoms with Crippen molar-refractivity contribution >= 4 is 5.97 Å². The molecule has 3 N–H and O–H groups in total.